The monoisotopic (exact) mass is 239 g/mol. The fourth-order valence-electron chi connectivity index (χ4n) is 1.52. The lowest BCUT2D eigenvalue weighted by molar-refractivity contribution is 1.16. The summed E-state index contributed by atoms with van der Waals surface area (Å²) in [4.78, 5) is 8.14. The minimum absolute atomic E-state index is 0.257. The SMILES string of the molecule is N=CC(C=N)c1ccc(Nc2ncccn2)cc1. The highest BCUT2D eigenvalue weighted by Crippen LogP contribution is 2.17. The van der Waals surface area contributed by atoms with Crippen LogP contribution in [0.25, 0.3) is 0 Å². The number of anilines is 2. The van der Waals surface area contributed by atoms with Crippen molar-refractivity contribution in [1.82, 2.24) is 9.97 Å². The molecule has 90 valence electrons. The quantitative estimate of drug-likeness (QED) is 0.701. The first kappa shape index (κ1) is 11.9. The summed E-state index contributed by atoms with van der Waals surface area (Å²) in [5.74, 6) is 0.285. The molecule has 0 spiro atoms. The summed E-state index contributed by atoms with van der Waals surface area (Å²) in [6.45, 7) is 0. The van der Waals surface area contributed by atoms with E-state index < -0.39 is 0 Å². The van der Waals surface area contributed by atoms with Crippen LogP contribution in [0.5, 0.6) is 0 Å². The van der Waals surface area contributed by atoms with Gasteiger partial charge in [0.25, 0.3) is 0 Å². The number of aromatic nitrogens is 2. The van der Waals surface area contributed by atoms with Crippen LogP contribution < -0.4 is 5.32 Å². The maximum Gasteiger partial charge on any atom is 0.227 e. The van der Waals surface area contributed by atoms with Crippen molar-refractivity contribution in [2.75, 3.05) is 5.32 Å². The minimum atomic E-state index is -0.257. The number of rotatable bonds is 5. The Morgan fingerprint density at radius 3 is 2.17 bits per heavy atom. The molecule has 2 aromatic rings. The molecule has 2 rings (SSSR count). The van der Waals surface area contributed by atoms with Crippen LogP contribution in [0.4, 0.5) is 11.6 Å². The number of nitrogens with zero attached hydrogens (tertiary/aromatic N) is 2. The maximum absolute atomic E-state index is 7.22. The van der Waals surface area contributed by atoms with Gasteiger partial charge in [-0.2, -0.15) is 0 Å². The van der Waals surface area contributed by atoms with Crippen molar-refractivity contribution in [2.24, 2.45) is 0 Å². The Morgan fingerprint density at radius 1 is 1.00 bits per heavy atom. The second-order valence-electron chi connectivity index (χ2n) is 3.68. The van der Waals surface area contributed by atoms with Gasteiger partial charge in [0.1, 0.15) is 0 Å². The lowest BCUT2D eigenvalue weighted by Gasteiger charge is -2.08. The zero-order chi connectivity index (χ0) is 12.8. The van der Waals surface area contributed by atoms with E-state index in [0.717, 1.165) is 11.3 Å². The molecule has 1 heterocycles. The smallest absolute Gasteiger partial charge is 0.227 e. The van der Waals surface area contributed by atoms with Gasteiger partial charge in [-0.15, -0.1) is 0 Å². The summed E-state index contributed by atoms with van der Waals surface area (Å²) >= 11 is 0. The normalized spacial score (nSPS) is 11.6. The largest absolute Gasteiger partial charge is 0.324 e. The molecule has 0 unspecified atom stereocenters. The van der Waals surface area contributed by atoms with Crippen molar-refractivity contribution in [1.29, 1.82) is 10.8 Å². The lowest BCUT2D eigenvalue weighted by Crippen LogP contribution is -2.01. The highest BCUT2D eigenvalue weighted by Gasteiger charge is 2.04. The topological polar surface area (TPSA) is 85.5 Å². The van der Waals surface area contributed by atoms with Gasteiger partial charge in [0.2, 0.25) is 5.95 Å². The molecule has 0 fully saturated rings. The molecule has 0 saturated carbocycles. The van der Waals surface area contributed by atoms with Crippen LogP contribution in [0.2, 0.25) is 0 Å². The van der Waals surface area contributed by atoms with Gasteiger partial charge in [0, 0.05) is 30.5 Å². The Balaban J connectivity index is 2.13. The molecule has 0 aliphatic heterocycles. The highest BCUT2D eigenvalue weighted by molar-refractivity contribution is 5.87. The number of benzene rings is 1. The van der Waals surface area contributed by atoms with E-state index in [1.54, 1.807) is 18.5 Å². The standard InChI is InChI=1S/C13H13N5/c14-8-11(9-15)10-2-4-12(5-3-10)18-13-16-6-1-7-17-13/h1-9,11,14-15H,(H,16,17,18). The third-order valence-electron chi connectivity index (χ3n) is 2.48. The van der Waals surface area contributed by atoms with Crippen LogP contribution in [-0.2, 0) is 0 Å². The van der Waals surface area contributed by atoms with Gasteiger partial charge in [0.15, 0.2) is 0 Å². The van der Waals surface area contributed by atoms with Crippen molar-refractivity contribution in [3.8, 4) is 0 Å². The first-order valence-corrected chi connectivity index (χ1v) is 5.48. The molecule has 5 heteroatoms. The average Bonchev–Trinajstić information content (AvgIpc) is 2.43. The maximum atomic E-state index is 7.22. The molecule has 18 heavy (non-hydrogen) atoms. The average molecular weight is 239 g/mol. The second-order valence-corrected chi connectivity index (χ2v) is 3.68. The Kier molecular flexibility index (Phi) is 3.76. The molecular formula is C13H13N5. The van der Waals surface area contributed by atoms with Crippen LogP contribution in [0.3, 0.4) is 0 Å². The Labute approximate surface area is 105 Å². The number of nitrogens with one attached hydrogen (secondary N) is 3. The molecule has 0 aliphatic carbocycles. The van der Waals surface area contributed by atoms with Gasteiger partial charge in [-0.25, -0.2) is 9.97 Å². The molecule has 0 amide bonds. The van der Waals surface area contributed by atoms with Crippen LogP contribution in [0, 0.1) is 10.8 Å². The molecule has 1 aromatic heterocycles. The predicted octanol–water partition coefficient (Wildman–Crippen LogP) is 2.60. The van der Waals surface area contributed by atoms with Crippen LogP contribution >= 0.6 is 0 Å². The van der Waals surface area contributed by atoms with Gasteiger partial charge in [0.05, 0.1) is 5.92 Å². The molecule has 0 bridgehead atoms. The van der Waals surface area contributed by atoms with Crippen LogP contribution in [0.1, 0.15) is 11.5 Å². The van der Waals surface area contributed by atoms with E-state index >= 15 is 0 Å². The summed E-state index contributed by atoms with van der Waals surface area (Å²) in [6, 6.07) is 9.28. The van der Waals surface area contributed by atoms with Gasteiger partial charge in [-0.1, -0.05) is 12.1 Å². The van der Waals surface area contributed by atoms with Crippen molar-refractivity contribution < 1.29 is 0 Å². The molecule has 0 aliphatic rings. The Morgan fingerprint density at radius 2 is 1.61 bits per heavy atom. The summed E-state index contributed by atoms with van der Waals surface area (Å²) in [7, 11) is 0. The molecule has 3 N–H and O–H groups in total. The summed E-state index contributed by atoms with van der Waals surface area (Å²) in [5, 5.41) is 17.5. The van der Waals surface area contributed by atoms with E-state index in [2.05, 4.69) is 15.3 Å². The van der Waals surface area contributed by atoms with Crippen molar-refractivity contribution in [3.63, 3.8) is 0 Å². The Bertz CT molecular complexity index is 513. The first-order valence-electron chi connectivity index (χ1n) is 5.48. The number of hydrogen-bond donors (Lipinski definition) is 3. The zero-order valence-corrected chi connectivity index (χ0v) is 9.67. The van der Waals surface area contributed by atoms with E-state index in [1.165, 1.54) is 12.4 Å². The van der Waals surface area contributed by atoms with E-state index in [4.69, 9.17) is 10.8 Å². The van der Waals surface area contributed by atoms with Gasteiger partial charge in [-0.3, -0.25) is 0 Å². The van der Waals surface area contributed by atoms with Gasteiger partial charge < -0.3 is 16.1 Å². The van der Waals surface area contributed by atoms with Crippen LogP contribution in [-0.4, -0.2) is 22.4 Å². The van der Waals surface area contributed by atoms with E-state index in [9.17, 15) is 0 Å². The summed E-state index contributed by atoms with van der Waals surface area (Å²) < 4.78 is 0. The highest BCUT2D eigenvalue weighted by atomic mass is 15.1. The molecule has 0 radical (unpaired) electrons. The third-order valence-corrected chi connectivity index (χ3v) is 2.48. The van der Waals surface area contributed by atoms with E-state index in [-0.39, 0.29) is 5.92 Å². The van der Waals surface area contributed by atoms with Crippen molar-refractivity contribution in [3.05, 3.63) is 48.3 Å². The fraction of sp³-hybridized carbons (Fsp3) is 0.0769. The van der Waals surface area contributed by atoms with E-state index in [1.807, 2.05) is 24.3 Å². The third kappa shape index (κ3) is 2.76. The Hall–Kier alpha value is -2.56. The minimum Gasteiger partial charge on any atom is -0.324 e. The predicted molar refractivity (Wildman–Crippen MR) is 72.1 cm³/mol. The lowest BCUT2D eigenvalue weighted by atomic mass is 10.0. The fourth-order valence-corrected chi connectivity index (χ4v) is 1.52. The second kappa shape index (κ2) is 5.67. The molecular weight excluding hydrogens is 226 g/mol. The molecule has 0 saturated heterocycles. The first-order chi connectivity index (χ1) is 8.83. The van der Waals surface area contributed by atoms with Gasteiger partial charge >= 0.3 is 0 Å². The summed E-state index contributed by atoms with van der Waals surface area (Å²) in [5.41, 5.74) is 1.79. The van der Waals surface area contributed by atoms with E-state index in [0.29, 0.717) is 5.95 Å². The van der Waals surface area contributed by atoms with Gasteiger partial charge in [-0.05, 0) is 23.8 Å². The van der Waals surface area contributed by atoms with Crippen molar-refractivity contribution >= 4 is 24.1 Å². The van der Waals surface area contributed by atoms with Crippen LogP contribution in [0.15, 0.2) is 42.7 Å². The van der Waals surface area contributed by atoms with Crippen molar-refractivity contribution in [2.45, 2.75) is 5.92 Å². The number of hydrogen-bond acceptors (Lipinski definition) is 5. The molecule has 0 atom stereocenters. The summed E-state index contributed by atoms with van der Waals surface area (Å²) in [6.07, 6.45) is 5.83. The zero-order valence-electron chi connectivity index (χ0n) is 9.67. The molecule has 5 nitrogen and oxygen atoms in total. The molecule has 1 aromatic carbocycles.